The minimum Gasteiger partial charge on any atom is -0.456 e. The van der Waals surface area contributed by atoms with Crippen molar-refractivity contribution in [3.63, 3.8) is 0 Å². The summed E-state index contributed by atoms with van der Waals surface area (Å²) in [5.41, 5.74) is -0.334. The maximum atomic E-state index is 11.0. The molecule has 2 nitrogen and oxygen atoms in total. The van der Waals surface area contributed by atoms with Gasteiger partial charge in [-0.2, -0.15) is 0 Å². The van der Waals surface area contributed by atoms with E-state index in [1.54, 1.807) is 0 Å². The van der Waals surface area contributed by atoms with E-state index in [-0.39, 0.29) is 11.6 Å². The van der Waals surface area contributed by atoms with Crippen LogP contribution < -0.4 is 0 Å². The summed E-state index contributed by atoms with van der Waals surface area (Å²) in [5.74, 6) is 0.201. The Labute approximate surface area is 81.0 Å². The van der Waals surface area contributed by atoms with Crippen molar-refractivity contribution in [1.29, 1.82) is 0 Å². The number of hydrogen-bond acceptors (Lipinski definition) is 2. The van der Waals surface area contributed by atoms with Crippen molar-refractivity contribution in [2.24, 2.45) is 5.92 Å². The molecule has 0 bridgehead atoms. The quantitative estimate of drug-likeness (QED) is 0.485. The third-order valence-corrected chi connectivity index (χ3v) is 2.10. The summed E-state index contributed by atoms with van der Waals surface area (Å²) < 4.78 is 5.29. The van der Waals surface area contributed by atoms with E-state index < -0.39 is 0 Å². The molecule has 0 aromatic heterocycles. The summed E-state index contributed by atoms with van der Waals surface area (Å²) in [6.45, 7) is 11.6. The predicted molar refractivity (Wildman–Crippen MR) is 54.4 cm³/mol. The fourth-order valence-corrected chi connectivity index (χ4v) is 1.41. The molecule has 0 aromatic rings. The lowest BCUT2D eigenvalue weighted by molar-refractivity contribution is -0.153. The van der Waals surface area contributed by atoms with Crippen LogP contribution >= 0.6 is 0 Å². The Bertz CT molecular complexity index is 185. The highest BCUT2D eigenvalue weighted by Gasteiger charge is 2.26. The molecule has 1 unspecified atom stereocenters. The first-order valence-corrected chi connectivity index (χ1v) is 4.79. The Morgan fingerprint density at radius 1 is 1.62 bits per heavy atom. The van der Waals surface area contributed by atoms with Gasteiger partial charge in [-0.05, 0) is 25.7 Å². The van der Waals surface area contributed by atoms with E-state index >= 15 is 0 Å². The molecular formula is C11H20O2. The van der Waals surface area contributed by atoms with Crippen molar-refractivity contribution < 1.29 is 9.53 Å². The number of carbonyl (C=O) groups excluding carboxylic acids is 1. The molecule has 0 saturated heterocycles. The van der Waals surface area contributed by atoms with Crippen LogP contribution in [0.2, 0.25) is 0 Å². The van der Waals surface area contributed by atoms with Gasteiger partial charge in [0.25, 0.3) is 0 Å². The predicted octanol–water partition coefficient (Wildman–Crippen LogP) is 2.93. The summed E-state index contributed by atoms with van der Waals surface area (Å²) in [7, 11) is 0. The number of ether oxygens (including phenoxy) is 1. The molecule has 0 radical (unpaired) electrons. The molecule has 13 heavy (non-hydrogen) atoms. The van der Waals surface area contributed by atoms with Crippen LogP contribution in [-0.2, 0) is 9.53 Å². The first-order chi connectivity index (χ1) is 5.93. The van der Waals surface area contributed by atoms with E-state index in [0.717, 1.165) is 12.8 Å². The van der Waals surface area contributed by atoms with Gasteiger partial charge in [0.1, 0.15) is 5.60 Å². The Morgan fingerprint density at radius 2 is 2.15 bits per heavy atom. The number of rotatable bonds is 5. The zero-order valence-corrected chi connectivity index (χ0v) is 9.09. The van der Waals surface area contributed by atoms with Crippen molar-refractivity contribution in [2.45, 2.75) is 46.1 Å². The van der Waals surface area contributed by atoms with Gasteiger partial charge in [0, 0.05) is 6.08 Å². The van der Waals surface area contributed by atoms with E-state index in [1.165, 1.54) is 6.08 Å². The molecule has 0 spiro atoms. The molecule has 0 N–H and O–H groups in total. The van der Waals surface area contributed by atoms with Crippen LogP contribution in [0, 0.1) is 5.92 Å². The number of esters is 1. The molecule has 0 heterocycles. The van der Waals surface area contributed by atoms with Gasteiger partial charge in [-0.15, -0.1) is 0 Å². The van der Waals surface area contributed by atoms with Gasteiger partial charge in [0.05, 0.1) is 0 Å². The molecule has 0 aromatic carbocycles. The highest BCUT2D eigenvalue weighted by atomic mass is 16.6. The Kier molecular flexibility index (Phi) is 4.74. The molecule has 0 aliphatic rings. The molecular weight excluding hydrogens is 164 g/mol. The fourth-order valence-electron chi connectivity index (χ4n) is 1.41. The Morgan fingerprint density at radius 3 is 2.46 bits per heavy atom. The molecule has 2 heteroatoms. The van der Waals surface area contributed by atoms with Crippen LogP contribution in [0.15, 0.2) is 12.7 Å². The Balaban J connectivity index is 4.26. The lowest BCUT2D eigenvalue weighted by atomic mass is 9.92. The molecule has 76 valence electrons. The van der Waals surface area contributed by atoms with Crippen LogP contribution in [-0.4, -0.2) is 11.6 Å². The third-order valence-electron chi connectivity index (χ3n) is 2.10. The second-order valence-corrected chi connectivity index (χ2v) is 4.03. The molecule has 0 rings (SSSR count). The third kappa shape index (κ3) is 4.71. The van der Waals surface area contributed by atoms with E-state index in [2.05, 4.69) is 20.4 Å². The van der Waals surface area contributed by atoms with Gasteiger partial charge in [-0.1, -0.05) is 27.4 Å². The van der Waals surface area contributed by atoms with E-state index in [9.17, 15) is 4.79 Å². The molecule has 0 fully saturated rings. The maximum Gasteiger partial charge on any atom is 0.330 e. The summed E-state index contributed by atoms with van der Waals surface area (Å²) in [6, 6.07) is 0. The minimum absolute atomic E-state index is 0.329. The zero-order chi connectivity index (χ0) is 10.5. The van der Waals surface area contributed by atoms with Crippen molar-refractivity contribution in [1.82, 2.24) is 0 Å². The topological polar surface area (TPSA) is 26.3 Å². The zero-order valence-electron chi connectivity index (χ0n) is 9.09. The SMILES string of the molecule is C=CC(=O)OC(C)(CC)CC(C)C. The number of hydrogen-bond donors (Lipinski definition) is 0. The number of carbonyl (C=O) groups is 1. The lowest BCUT2D eigenvalue weighted by Gasteiger charge is -2.29. The maximum absolute atomic E-state index is 11.0. The molecule has 0 aliphatic carbocycles. The minimum atomic E-state index is -0.334. The van der Waals surface area contributed by atoms with Crippen LogP contribution in [0.25, 0.3) is 0 Å². The summed E-state index contributed by atoms with van der Waals surface area (Å²) in [4.78, 5) is 11.0. The fraction of sp³-hybridized carbons (Fsp3) is 0.727. The lowest BCUT2D eigenvalue weighted by Crippen LogP contribution is -2.31. The van der Waals surface area contributed by atoms with E-state index in [4.69, 9.17) is 4.74 Å². The van der Waals surface area contributed by atoms with Crippen LogP contribution in [0.1, 0.15) is 40.5 Å². The van der Waals surface area contributed by atoms with Gasteiger partial charge >= 0.3 is 5.97 Å². The second-order valence-electron chi connectivity index (χ2n) is 4.03. The van der Waals surface area contributed by atoms with Crippen molar-refractivity contribution in [3.8, 4) is 0 Å². The monoisotopic (exact) mass is 184 g/mol. The Hall–Kier alpha value is -0.790. The van der Waals surface area contributed by atoms with Crippen molar-refractivity contribution >= 4 is 5.97 Å². The van der Waals surface area contributed by atoms with Crippen LogP contribution in [0.4, 0.5) is 0 Å². The van der Waals surface area contributed by atoms with E-state index in [0.29, 0.717) is 5.92 Å². The highest BCUT2D eigenvalue weighted by Crippen LogP contribution is 2.24. The normalized spacial score (nSPS) is 15.2. The first kappa shape index (κ1) is 12.2. The molecule has 0 aliphatic heterocycles. The van der Waals surface area contributed by atoms with Gasteiger partial charge in [0.15, 0.2) is 0 Å². The van der Waals surface area contributed by atoms with Crippen molar-refractivity contribution in [2.75, 3.05) is 0 Å². The molecule has 0 saturated carbocycles. The second kappa shape index (κ2) is 5.05. The smallest absolute Gasteiger partial charge is 0.330 e. The van der Waals surface area contributed by atoms with E-state index in [1.807, 2.05) is 13.8 Å². The van der Waals surface area contributed by atoms with Gasteiger partial charge in [-0.3, -0.25) is 0 Å². The summed E-state index contributed by atoms with van der Waals surface area (Å²) in [6.07, 6.45) is 2.95. The van der Waals surface area contributed by atoms with Gasteiger partial charge in [-0.25, -0.2) is 4.79 Å². The van der Waals surface area contributed by atoms with Crippen molar-refractivity contribution in [3.05, 3.63) is 12.7 Å². The molecule has 1 atom stereocenters. The van der Waals surface area contributed by atoms with Crippen LogP contribution in [0.5, 0.6) is 0 Å². The average molecular weight is 184 g/mol. The molecule has 0 amide bonds. The van der Waals surface area contributed by atoms with Gasteiger partial charge in [0.2, 0.25) is 0 Å². The standard InChI is InChI=1S/C11H20O2/c1-6-10(12)13-11(5,7-2)8-9(3)4/h6,9H,1,7-8H2,2-5H3. The largest absolute Gasteiger partial charge is 0.456 e. The first-order valence-electron chi connectivity index (χ1n) is 4.79. The summed E-state index contributed by atoms with van der Waals surface area (Å²) in [5, 5.41) is 0. The summed E-state index contributed by atoms with van der Waals surface area (Å²) >= 11 is 0. The van der Waals surface area contributed by atoms with Gasteiger partial charge < -0.3 is 4.74 Å². The average Bonchev–Trinajstić information content (AvgIpc) is 2.02. The highest BCUT2D eigenvalue weighted by molar-refractivity contribution is 5.81. The van der Waals surface area contributed by atoms with Crippen LogP contribution in [0.3, 0.4) is 0 Å².